The molecule has 0 aromatic carbocycles. The zero-order valence-electron chi connectivity index (χ0n) is 10.2. The number of rotatable bonds is 6. The van der Waals surface area contributed by atoms with E-state index in [2.05, 4.69) is 15.4 Å². The molecule has 6 heteroatoms. The van der Waals surface area contributed by atoms with Crippen LogP contribution in [0.25, 0.3) is 0 Å². The molecule has 2 N–H and O–H groups in total. The molecule has 1 amide bonds. The molecule has 0 radical (unpaired) electrons. The third-order valence-corrected chi connectivity index (χ3v) is 1.76. The number of hydrogen-bond acceptors (Lipinski definition) is 5. The van der Waals surface area contributed by atoms with Gasteiger partial charge in [-0.1, -0.05) is 13.8 Å². The van der Waals surface area contributed by atoms with E-state index >= 15 is 0 Å². The van der Waals surface area contributed by atoms with Crippen LogP contribution in [0.15, 0.2) is 11.8 Å². The first-order valence-electron chi connectivity index (χ1n) is 5.20. The molecule has 0 aliphatic rings. The average molecular weight is 239 g/mol. The molecule has 0 aromatic rings. The Kier molecular flexibility index (Phi) is 7.19. The summed E-state index contributed by atoms with van der Waals surface area (Å²) in [7, 11) is 1.26. The van der Waals surface area contributed by atoms with Gasteiger partial charge in [0.05, 0.1) is 7.11 Å². The molecule has 0 fully saturated rings. The van der Waals surface area contributed by atoms with E-state index < -0.39 is 11.9 Å². The van der Waals surface area contributed by atoms with Crippen LogP contribution in [0.1, 0.15) is 13.8 Å². The van der Waals surface area contributed by atoms with Crippen molar-refractivity contribution in [2.45, 2.75) is 13.8 Å². The number of carbonyl (C=O) groups is 2. The maximum atomic E-state index is 11.5. The van der Waals surface area contributed by atoms with Gasteiger partial charge in [-0.05, 0) is 5.92 Å². The summed E-state index contributed by atoms with van der Waals surface area (Å²) in [5, 5.41) is 13.9. The van der Waals surface area contributed by atoms with Crippen LogP contribution < -0.4 is 10.6 Å². The zero-order valence-corrected chi connectivity index (χ0v) is 10.2. The van der Waals surface area contributed by atoms with Crippen LogP contribution in [0.5, 0.6) is 0 Å². The summed E-state index contributed by atoms with van der Waals surface area (Å²) in [6, 6.07) is 1.75. The Morgan fingerprint density at radius 2 is 2.12 bits per heavy atom. The lowest BCUT2D eigenvalue weighted by atomic mass is 10.2. The smallest absolute Gasteiger partial charge is 0.325 e. The first-order valence-corrected chi connectivity index (χ1v) is 5.20. The largest absolute Gasteiger partial charge is 0.468 e. The lowest BCUT2D eigenvalue weighted by molar-refractivity contribution is -0.139. The molecular weight excluding hydrogens is 222 g/mol. The molecule has 0 bridgehead atoms. The van der Waals surface area contributed by atoms with Gasteiger partial charge in [-0.2, -0.15) is 5.26 Å². The standard InChI is InChI=1S/C11H17N3O3/c1-8(2)5-14-11(16)9(4-12)6-13-7-10(15)17-3/h6,8,13H,5,7H2,1-3H3,(H,14,16)/b9-6-. The first kappa shape index (κ1) is 15.0. The van der Waals surface area contributed by atoms with Crippen molar-refractivity contribution in [2.75, 3.05) is 20.2 Å². The summed E-state index contributed by atoms with van der Waals surface area (Å²) in [5.41, 5.74) is -0.0745. The van der Waals surface area contributed by atoms with Crippen LogP contribution >= 0.6 is 0 Å². The lowest BCUT2D eigenvalue weighted by Crippen LogP contribution is -2.29. The predicted octanol–water partition coefficient (Wildman–Crippen LogP) is -0.0713. The summed E-state index contributed by atoms with van der Waals surface area (Å²) in [6.45, 7) is 4.31. The van der Waals surface area contributed by atoms with E-state index in [9.17, 15) is 9.59 Å². The number of amides is 1. The minimum atomic E-state index is -0.471. The number of ether oxygens (including phenoxy) is 1. The van der Waals surface area contributed by atoms with Crippen LogP contribution in [-0.4, -0.2) is 32.1 Å². The first-order chi connectivity index (χ1) is 8.01. The van der Waals surface area contributed by atoms with Gasteiger partial charge in [0.15, 0.2) is 0 Å². The van der Waals surface area contributed by atoms with Crippen molar-refractivity contribution in [3.63, 3.8) is 0 Å². The van der Waals surface area contributed by atoms with Crippen molar-refractivity contribution in [3.05, 3.63) is 11.8 Å². The maximum absolute atomic E-state index is 11.5. The number of nitrogens with one attached hydrogen (secondary N) is 2. The molecule has 0 spiro atoms. The summed E-state index contributed by atoms with van der Waals surface area (Å²) in [5.74, 6) is -0.624. The van der Waals surface area contributed by atoms with E-state index in [1.165, 1.54) is 13.3 Å². The highest BCUT2D eigenvalue weighted by atomic mass is 16.5. The second-order valence-corrected chi connectivity index (χ2v) is 3.73. The van der Waals surface area contributed by atoms with Gasteiger partial charge in [0, 0.05) is 12.7 Å². The van der Waals surface area contributed by atoms with Crippen molar-refractivity contribution < 1.29 is 14.3 Å². The summed E-state index contributed by atoms with van der Waals surface area (Å²) in [4.78, 5) is 22.2. The topological polar surface area (TPSA) is 91.2 Å². The van der Waals surface area contributed by atoms with Gasteiger partial charge < -0.3 is 15.4 Å². The Hall–Kier alpha value is -2.03. The molecule has 0 atom stereocenters. The zero-order chi connectivity index (χ0) is 13.3. The fraction of sp³-hybridized carbons (Fsp3) is 0.545. The van der Waals surface area contributed by atoms with Crippen LogP contribution in [0.4, 0.5) is 0 Å². The molecule has 0 heterocycles. The van der Waals surface area contributed by atoms with Crippen molar-refractivity contribution in [2.24, 2.45) is 5.92 Å². The number of nitrogens with zero attached hydrogens (tertiary/aromatic N) is 1. The molecule has 0 saturated heterocycles. The SMILES string of the molecule is COC(=O)CN/C=C(/C#N)C(=O)NCC(C)C. The third-order valence-electron chi connectivity index (χ3n) is 1.76. The highest BCUT2D eigenvalue weighted by Gasteiger charge is 2.08. The number of esters is 1. The normalized spacial score (nSPS) is 10.6. The highest BCUT2D eigenvalue weighted by molar-refractivity contribution is 5.97. The lowest BCUT2D eigenvalue weighted by Gasteiger charge is -2.06. The molecule has 6 nitrogen and oxygen atoms in total. The number of methoxy groups -OCH3 is 1. The second kappa shape index (κ2) is 8.16. The van der Waals surface area contributed by atoms with E-state index in [1.54, 1.807) is 6.07 Å². The quantitative estimate of drug-likeness (QED) is 0.384. The minimum absolute atomic E-state index is 0.0745. The Labute approximate surface area is 101 Å². The van der Waals surface area contributed by atoms with Crippen molar-refractivity contribution in [3.8, 4) is 6.07 Å². The predicted molar refractivity (Wildman–Crippen MR) is 61.6 cm³/mol. The summed E-state index contributed by atoms with van der Waals surface area (Å²) >= 11 is 0. The van der Waals surface area contributed by atoms with Crippen LogP contribution in [-0.2, 0) is 14.3 Å². The Morgan fingerprint density at radius 1 is 1.47 bits per heavy atom. The molecule has 0 aliphatic carbocycles. The van der Waals surface area contributed by atoms with E-state index in [1.807, 2.05) is 13.8 Å². The molecule has 94 valence electrons. The minimum Gasteiger partial charge on any atom is -0.468 e. The van der Waals surface area contributed by atoms with Crippen molar-refractivity contribution >= 4 is 11.9 Å². The fourth-order valence-corrected chi connectivity index (χ4v) is 0.849. The van der Waals surface area contributed by atoms with Crippen molar-refractivity contribution in [1.82, 2.24) is 10.6 Å². The van der Waals surface area contributed by atoms with Gasteiger partial charge in [-0.15, -0.1) is 0 Å². The molecule has 0 aromatic heterocycles. The number of carbonyl (C=O) groups excluding carboxylic acids is 2. The third kappa shape index (κ3) is 6.95. The Bertz CT molecular complexity index is 342. The van der Waals surface area contributed by atoms with Crippen LogP contribution in [0.2, 0.25) is 0 Å². The van der Waals surface area contributed by atoms with Gasteiger partial charge in [0.2, 0.25) is 0 Å². The molecular formula is C11H17N3O3. The van der Waals surface area contributed by atoms with E-state index in [-0.39, 0.29) is 12.1 Å². The van der Waals surface area contributed by atoms with E-state index in [0.717, 1.165) is 0 Å². The summed E-state index contributed by atoms with van der Waals surface area (Å²) in [6.07, 6.45) is 1.20. The van der Waals surface area contributed by atoms with Gasteiger partial charge in [0.25, 0.3) is 5.91 Å². The Balaban J connectivity index is 4.22. The highest BCUT2D eigenvalue weighted by Crippen LogP contribution is 1.93. The van der Waals surface area contributed by atoms with Gasteiger partial charge in [-0.25, -0.2) is 0 Å². The van der Waals surface area contributed by atoms with Crippen LogP contribution in [0, 0.1) is 17.2 Å². The van der Waals surface area contributed by atoms with Crippen LogP contribution in [0.3, 0.4) is 0 Å². The van der Waals surface area contributed by atoms with Gasteiger partial charge >= 0.3 is 5.97 Å². The van der Waals surface area contributed by atoms with Gasteiger partial charge in [0.1, 0.15) is 18.2 Å². The molecule has 0 rings (SSSR count). The number of hydrogen-bond donors (Lipinski definition) is 2. The van der Waals surface area contributed by atoms with Gasteiger partial charge in [-0.3, -0.25) is 9.59 Å². The fourth-order valence-electron chi connectivity index (χ4n) is 0.849. The average Bonchev–Trinajstić information content (AvgIpc) is 2.31. The number of nitriles is 1. The summed E-state index contributed by atoms with van der Waals surface area (Å²) < 4.78 is 4.39. The monoisotopic (exact) mass is 239 g/mol. The second-order valence-electron chi connectivity index (χ2n) is 3.73. The van der Waals surface area contributed by atoms with E-state index in [0.29, 0.717) is 12.5 Å². The molecule has 17 heavy (non-hydrogen) atoms. The molecule has 0 aliphatic heterocycles. The Morgan fingerprint density at radius 3 is 2.59 bits per heavy atom. The van der Waals surface area contributed by atoms with Crippen molar-refractivity contribution in [1.29, 1.82) is 5.26 Å². The molecule has 0 saturated carbocycles. The maximum Gasteiger partial charge on any atom is 0.325 e. The van der Waals surface area contributed by atoms with E-state index in [4.69, 9.17) is 5.26 Å². The molecule has 0 unspecified atom stereocenters.